The second kappa shape index (κ2) is 4.88. The van der Waals surface area contributed by atoms with Gasteiger partial charge in [-0.15, -0.1) is 0 Å². The van der Waals surface area contributed by atoms with Crippen LogP contribution in [0.2, 0.25) is 0 Å². The van der Waals surface area contributed by atoms with E-state index in [-0.39, 0.29) is 6.10 Å². The van der Waals surface area contributed by atoms with Gasteiger partial charge in [0.15, 0.2) is 5.82 Å². The fourth-order valence-electron chi connectivity index (χ4n) is 2.10. The molecule has 1 aliphatic heterocycles. The molecule has 5 heteroatoms. The molecule has 0 amide bonds. The van der Waals surface area contributed by atoms with Gasteiger partial charge in [0.2, 0.25) is 0 Å². The summed E-state index contributed by atoms with van der Waals surface area (Å²) in [6.45, 7) is 4.36. The molecule has 1 saturated heterocycles. The summed E-state index contributed by atoms with van der Waals surface area (Å²) in [6, 6.07) is 3.99. The van der Waals surface area contributed by atoms with E-state index >= 15 is 0 Å². The topological polar surface area (TPSA) is 62.8 Å². The standard InChI is InChI=1S/C13H16N4O/c1-9-6-11(10-2-3-14-7-10)17-13(16-9)12-8-15-4-5-18-12/h2-3,6-7,12,14-15H,4-5,8H2,1H3. The Hall–Kier alpha value is -1.72. The molecule has 18 heavy (non-hydrogen) atoms. The summed E-state index contributed by atoms with van der Waals surface area (Å²) in [5.74, 6) is 0.762. The molecule has 2 N–H and O–H groups in total. The molecule has 0 radical (unpaired) electrons. The molecule has 5 nitrogen and oxygen atoms in total. The lowest BCUT2D eigenvalue weighted by Crippen LogP contribution is -2.34. The van der Waals surface area contributed by atoms with Gasteiger partial charge in [0.1, 0.15) is 6.10 Å². The molecule has 1 aliphatic rings. The zero-order valence-electron chi connectivity index (χ0n) is 10.3. The number of hydrogen-bond acceptors (Lipinski definition) is 4. The van der Waals surface area contributed by atoms with E-state index in [4.69, 9.17) is 4.74 Å². The molecular weight excluding hydrogens is 228 g/mol. The summed E-state index contributed by atoms with van der Waals surface area (Å²) in [7, 11) is 0. The Morgan fingerprint density at radius 3 is 3.06 bits per heavy atom. The Labute approximate surface area is 106 Å². The van der Waals surface area contributed by atoms with Crippen LogP contribution in [0.4, 0.5) is 0 Å². The fourth-order valence-corrected chi connectivity index (χ4v) is 2.10. The van der Waals surface area contributed by atoms with Gasteiger partial charge in [0, 0.05) is 36.7 Å². The molecule has 0 aliphatic carbocycles. The van der Waals surface area contributed by atoms with Crippen molar-refractivity contribution in [3.63, 3.8) is 0 Å². The van der Waals surface area contributed by atoms with Gasteiger partial charge in [0.05, 0.1) is 12.3 Å². The third kappa shape index (κ3) is 2.27. The number of aromatic amines is 1. The minimum atomic E-state index is -0.0451. The number of nitrogens with one attached hydrogen (secondary N) is 2. The Bertz CT molecular complexity index is 518. The van der Waals surface area contributed by atoms with Crippen LogP contribution in [0, 0.1) is 6.92 Å². The number of morpholine rings is 1. The Morgan fingerprint density at radius 1 is 1.39 bits per heavy atom. The van der Waals surface area contributed by atoms with Gasteiger partial charge in [-0.25, -0.2) is 9.97 Å². The van der Waals surface area contributed by atoms with Gasteiger partial charge in [-0.1, -0.05) is 0 Å². The largest absolute Gasteiger partial charge is 0.368 e. The molecule has 1 fully saturated rings. The Balaban J connectivity index is 1.95. The van der Waals surface area contributed by atoms with E-state index in [0.717, 1.165) is 35.9 Å². The summed E-state index contributed by atoms with van der Waals surface area (Å²) in [5.41, 5.74) is 2.98. The molecule has 0 spiro atoms. The minimum Gasteiger partial charge on any atom is -0.368 e. The van der Waals surface area contributed by atoms with Crippen LogP contribution in [-0.4, -0.2) is 34.6 Å². The van der Waals surface area contributed by atoms with Crippen LogP contribution in [-0.2, 0) is 4.74 Å². The molecule has 0 bridgehead atoms. The molecule has 1 atom stereocenters. The van der Waals surface area contributed by atoms with Gasteiger partial charge in [0.25, 0.3) is 0 Å². The van der Waals surface area contributed by atoms with Crippen LogP contribution in [0.5, 0.6) is 0 Å². The van der Waals surface area contributed by atoms with Crippen LogP contribution < -0.4 is 5.32 Å². The van der Waals surface area contributed by atoms with Gasteiger partial charge in [-0.05, 0) is 19.1 Å². The van der Waals surface area contributed by atoms with E-state index in [2.05, 4.69) is 20.3 Å². The smallest absolute Gasteiger partial charge is 0.159 e. The average Bonchev–Trinajstić information content (AvgIpc) is 2.93. The van der Waals surface area contributed by atoms with E-state index in [1.165, 1.54) is 0 Å². The van der Waals surface area contributed by atoms with Crippen LogP contribution in [0.25, 0.3) is 11.3 Å². The average molecular weight is 244 g/mol. The Morgan fingerprint density at radius 2 is 2.33 bits per heavy atom. The van der Waals surface area contributed by atoms with Crippen molar-refractivity contribution in [2.75, 3.05) is 19.7 Å². The van der Waals surface area contributed by atoms with Crippen LogP contribution >= 0.6 is 0 Å². The number of H-pyrrole nitrogens is 1. The fraction of sp³-hybridized carbons (Fsp3) is 0.385. The summed E-state index contributed by atoms with van der Waals surface area (Å²) in [6.07, 6.45) is 3.78. The molecule has 3 rings (SSSR count). The van der Waals surface area contributed by atoms with Crippen molar-refractivity contribution in [2.24, 2.45) is 0 Å². The van der Waals surface area contributed by atoms with Crippen LogP contribution in [0.15, 0.2) is 24.5 Å². The summed E-state index contributed by atoms with van der Waals surface area (Å²) in [5, 5.41) is 3.30. The van der Waals surface area contributed by atoms with E-state index in [1.54, 1.807) is 0 Å². The first-order chi connectivity index (χ1) is 8.83. The maximum atomic E-state index is 5.70. The van der Waals surface area contributed by atoms with E-state index in [1.807, 2.05) is 31.5 Å². The number of aryl methyl sites for hydroxylation is 1. The lowest BCUT2D eigenvalue weighted by Gasteiger charge is -2.22. The lowest BCUT2D eigenvalue weighted by molar-refractivity contribution is 0.0221. The second-order valence-corrected chi connectivity index (χ2v) is 4.42. The number of aromatic nitrogens is 3. The predicted octanol–water partition coefficient (Wildman–Crippen LogP) is 1.44. The molecule has 1 unspecified atom stereocenters. The number of ether oxygens (including phenoxy) is 1. The molecule has 0 aromatic carbocycles. The molecule has 2 aromatic rings. The molecular formula is C13H16N4O. The zero-order chi connectivity index (χ0) is 12.4. The van der Waals surface area contributed by atoms with E-state index in [9.17, 15) is 0 Å². The van der Waals surface area contributed by atoms with Crippen molar-refractivity contribution in [2.45, 2.75) is 13.0 Å². The van der Waals surface area contributed by atoms with Gasteiger partial charge < -0.3 is 15.0 Å². The molecule has 0 saturated carbocycles. The van der Waals surface area contributed by atoms with Crippen LogP contribution in [0.1, 0.15) is 17.6 Å². The van der Waals surface area contributed by atoms with Crippen LogP contribution in [0.3, 0.4) is 0 Å². The predicted molar refractivity (Wildman–Crippen MR) is 68.1 cm³/mol. The van der Waals surface area contributed by atoms with Crippen molar-refractivity contribution in [1.29, 1.82) is 0 Å². The van der Waals surface area contributed by atoms with E-state index < -0.39 is 0 Å². The van der Waals surface area contributed by atoms with Gasteiger partial charge >= 0.3 is 0 Å². The second-order valence-electron chi connectivity index (χ2n) is 4.42. The SMILES string of the molecule is Cc1cc(-c2cc[nH]c2)nc(C2CNCCO2)n1. The third-order valence-corrected chi connectivity index (χ3v) is 2.98. The van der Waals surface area contributed by atoms with Crippen molar-refractivity contribution < 1.29 is 4.74 Å². The highest BCUT2D eigenvalue weighted by Crippen LogP contribution is 2.21. The number of nitrogens with zero attached hydrogens (tertiary/aromatic N) is 2. The monoisotopic (exact) mass is 244 g/mol. The van der Waals surface area contributed by atoms with Crippen molar-refractivity contribution >= 4 is 0 Å². The normalized spacial score (nSPS) is 19.9. The van der Waals surface area contributed by atoms with Gasteiger partial charge in [-0.2, -0.15) is 0 Å². The first-order valence-corrected chi connectivity index (χ1v) is 6.14. The van der Waals surface area contributed by atoms with E-state index in [0.29, 0.717) is 6.61 Å². The lowest BCUT2D eigenvalue weighted by atomic mass is 10.2. The maximum absolute atomic E-state index is 5.70. The summed E-state index contributed by atoms with van der Waals surface area (Å²) < 4.78 is 5.70. The molecule has 94 valence electrons. The number of rotatable bonds is 2. The highest BCUT2D eigenvalue weighted by molar-refractivity contribution is 5.58. The summed E-state index contributed by atoms with van der Waals surface area (Å²) >= 11 is 0. The van der Waals surface area contributed by atoms with Gasteiger partial charge in [-0.3, -0.25) is 0 Å². The molecule has 3 heterocycles. The number of hydrogen-bond donors (Lipinski definition) is 2. The van der Waals surface area contributed by atoms with Crippen molar-refractivity contribution in [3.8, 4) is 11.3 Å². The highest BCUT2D eigenvalue weighted by atomic mass is 16.5. The minimum absolute atomic E-state index is 0.0451. The first kappa shape index (κ1) is 11.4. The third-order valence-electron chi connectivity index (χ3n) is 2.98. The first-order valence-electron chi connectivity index (χ1n) is 6.14. The quantitative estimate of drug-likeness (QED) is 0.839. The molecule has 2 aromatic heterocycles. The highest BCUT2D eigenvalue weighted by Gasteiger charge is 2.19. The van der Waals surface area contributed by atoms with Crippen molar-refractivity contribution in [1.82, 2.24) is 20.3 Å². The summed E-state index contributed by atoms with van der Waals surface area (Å²) in [4.78, 5) is 12.1. The van der Waals surface area contributed by atoms with Crippen molar-refractivity contribution in [3.05, 3.63) is 36.0 Å². The Kier molecular flexibility index (Phi) is 3.08. The maximum Gasteiger partial charge on any atom is 0.159 e. The zero-order valence-corrected chi connectivity index (χ0v) is 10.3.